The largest absolute Gasteiger partial charge is 0.493 e. The van der Waals surface area contributed by atoms with Crippen molar-refractivity contribution >= 4 is 29.2 Å². The number of carbonyl (C=O) groups is 2. The number of hydrogen-bond donors (Lipinski definition) is 1. The molecule has 0 saturated carbocycles. The van der Waals surface area contributed by atoms with Crippen LogP contribution in [0, 0.1) is 0 Å². The lowest BCUT2D eigenvalue weighted by Gasteiger charge is -2.19. The molecule has 0 aliphatic heterocycles. The van der Waals surface area contributed by atoms with Crippen LogP contribution in [0.1, 0.15) is 23.7 Å². The second-order valence-corrected chi connectivity index (χ2v) is 5.75. The molecule has 0 heterocycles. The van der Waals surface area contributed by atoms with E-state index in [-0.39, 0.29) is 16.5 Å². The van der Waals surface area contributed by atoms with Crippen molar-refractivity contribution < 1.29 is 23.8 Å². The van der Waals surface area contributed by atoms with Crippen LogP contribution in [0.2, 0.25) is 5.02 Å². The molecule has 0 radical (unpaired) electrons. The molecule has 2 aromatic carbocycles. The average molecular weight is 378 g/mol. The first kappa shape index (κ1) is 19.6. The van der Waals surface area contributed by atoms with Gasteiger partial charge in [0.25, 0.3) is 5.91 Å². The zero-order valence-corrected chi connectivity index (χ0v) is 15.5. The van der Waals surface area contributed by atoms with E-state index in [9.17, 15) is 9.59 Å². The molecule has 1 amide bonds. The Labute approximate surface area is 157 Å². The van der Waals surface area contributed by atoms with Crippen LogP contribution in [-0.4, -0.2) is 32.2 Å². The molecule has 0 aliphatic rings. The van der Waals surface area contributed by atoms with Gasteiger partial charge >= 0.3 is 5.97 Å². The fraction of sp³-hybridized carbons (Fsp3) is 0.263. The zero-order chi connectivity index (χ0) is 19.1. The summed E-state index contributed by atoms with van der Waals surface area (Å²) < 4.78 is 15.7. The van der Waals surface area contributed by atoms with E-state index in [1.807, 2.05) is 13.0 Å². The highest BCUT2D eigenvalue weighted by atomic mass is 35.5. The summed E-state index contributed by atoms with van der Waals surface area (Å²) in [4.78, 5) is 24.3. The number of hydrogen-bond acceptors (Lipinski definition) is 5. The molecular weight excluding hydrogens is 358 g/mol. The lowest BCUT2D eigenvalue weighted by Crippen LogP contribution is -2.32. The van der Waals surface area contributed by atoms with Crippen LogP contribution in [0.3, 0.4) is 0 Å². The second kappa shape index (κ2) is 9.10. The number of ether oxygens (including phenoxy) is 3. The summed E-state index contributed by atoms with van der Waals surface area (Å²) in [5.41, 5.74) is 0.590. The molecule has 2 aromatic rings. The summed E-state index contributed by atoms with van der Waals surface area (Å²) in [7, 11) is 2.80. The van der Waals surface area contributed by atoms with Crippen LogP contribution < -0.4 is 14.8 Å². The van der Waals surface area contributed by atoms with Gasteiger partial charge in [-0.05, 0) is 36.8 Å². The number of methoxy groups -OCH3 is 2. The molecule has 138 valence electrons. The smallest absolute Gasteiger partial charge is 0.339 e. The van der Waals surface area contributed by atoms with Gasteiger partial charge < -0.3 is 19.5 Å². The van der Waals surface area contributed by atoms with Crippen molar-refractivity contribution in [3.05, 3.63) is 53.1 Å². The first-order valence-electron chi connectivity index (χ1n) is 7.98. The number of nitrogens with one attached hydrogen (secondary N) is 1. The molecule has 1 N–H and O–H groups in total. The van der Waals surface area contributed by atoms with Crippen molar-refractivity contribution in [2.45, 2.75) is 19.4 Å². The Morgan fingerprint density at radius 2 is 1.81 bits per heavy atom. The summed E-state index contributed by atoms with van der Waals surface area (Å²) in [5, 5.41) is 2.97. The standard InChI is InChI=1S/C19H20ClNO5/c1-4-15(26-17-8-6-5-7-16(17)24-2)18(22)21-12-9-10-14(20)13(11-12)19(23)25-3/h5-11,15H,4H2,1-3H3,(H,21,22)/t15-/m1/s1. The van der Waals surface area contributed by atoms with E-state index in [1.54, 1.807) is 24.3 Å². The maximum Gasteiger partial charge on any atom is 0.339 e. The maximum absolute atomic E-state index is 12.6. The number of carbonyl (C=O) groups excluding carboxylic acids is 2. The van der Waals surface area contributed by atoms with Gasteiger partial charge in [0.15, 0.2) is 17.6 Å². The number of esters is 1. The average Bonchev–Trinajstić information content (AvgIpc) is 2.67. The molecule has 0 unspecified atom stereocenters. The van der Waals surface area contributed by atoms with Crippen LogP contribution in [-0.2, 0) is 9.53 Å². The number of amides is 1. The first-order valence-corrected chi connectivity index (χ1v) is 8.36. The van der Waals surface area contributed by atoms with Crippen molar-refractivity contribution in [1.82, 2.24) is 0 Å². The Hall–Kier alpha value is -2.73. The minimum Gasteiger partial charge on any atom is -0.493 e. The lowest BCUT2D eigenvalue weighted by atomic mass is 10.2. The quantitative estimate of drug-likeness (QED) is 0.740. The van der Waals surface area contributed by atoms with Gasteiger partial charge in [-0.3, -0.25) is 4.79 Å². The Balaban J connectivity index is 2.15. The van der Waals surface area contributed by atoms with Gasteiger partial charge in [-0.1, -0.05) is 30.7 Å². The molecule has 0 saturated heterocycles. The number of rotatable bonds is 7. The third-order valence-corrected chi connectivity index (χ3v) is 3.97. The highest BCUT2D eigenvalue weighted by molar-refractivity contribution is 6.33. The van der Waals surface area contributed by atoms with E-state index in [2.05, 4.69) is 10.1 Å². The minimum atomic E-state index is -0.733. The van der Waals surface area contributed by atoms with Crippen molar-refractivity contribution in [3.63, 3.8) is 0 Å². The number of para-hydroxylation sites is 2. The van der Waals surface area contributed by atoms with Gasteiger partial charge in [0, 0.05) is 5.69 Å². The van der Waals surface area contributed by atoms with Gasteiger partial charge in [0.05, 0.1) is 24.8 Å². The van der Waals surface area contributed by atoms with E-state index in [4.69, 9.17) is 21.1 Å². The molecule has 7 heteroatoms. The van der Waals surface area contributed by atoms with Crippen LogP contribution in [0.25, 0.3) is 0 Å². The fourth-order valence-corrected chi connectivity index (χ4v) is 2.48. The summed E-state index contributed by atoms with van der Waals surface area (Å²) in [6.07, 6.45) is -0.287. The van der Waals surface area contributed by atoms with Crippen molar-refractivity contribution in [2.75, 3.05) is 19.5 Å². The third-order valence-electron chi connectivity index (χ3n) is 3.64. The molecule has 0 spiro atoms. The predicted octanol–water partition coefficient (Wildman–Crippen LogP) is 3.93. The molecule has 0 fully saturated rings. The molecule has 26 heavy (non-hydrogen) atoms. The van der Waals surface area contributed by atoms with E-state index >= 15 is 0 Å². The number of halogens is 1. The normalized spacial score (nSPS) is 11.4. The van der Waals surface area contributed by atoms with Gasteiger partial charge in [0.1, 0.15) is 0 Å². The highest BCUT2D eigenvalue weighted by Gasteiger charge is 2.21. The Kier molecular flexibility index (Phi) is 6.86. The summed E-state index contributed by atoms with van der Waals surface area (Å²) >= 11 is 5.98. The summed E-state index contributed by atoms with van der Waals surface area (Å²) in [6, 6.07) is 11.7. The van der Waals surface area contributed by atoms with Crippen LogP contribution in [0.4, 0.5) is 5.69 Å². The Morgan fingerprint density at radius 3 is 2.42 bits per heavy atom. The molecular formula is C19H20ClNO5. The monoisotopic (exact) mass is 377 g/mol. The van der Waals surface area contributed by atoms with Gasteiger partial charge in [-0.15, -0.1) is 0 Å². The van der Waals surface area contributed by atoms with E-state index in [0.717, 1.165) is 0 Å². The zero-order valence-electron chi connectivity index (χ0n) is 14.7. The molecule has 0 bridgehead atoms. The van der Waals surface area contributed by atoms with Gasteiger partial charge in [0.2, 0.25) is 0 Å². The lowest BCUT2D eigenvalue weighted by molar-refractivity contribution is -0.122. The molecule has 1 atom stereocenters. The third kappa shape index (κ3) is 4.67. The first-order chi connectivity index (χ1) is 12.5. The van der Waals surface area contributed by atoms with E-state index in [1.165, 1.54) is 26.4 Å². The van der Waals surface area contributed by atoms with Crippen LogP contribution >= 0.6 is 11.6 Å². The van der Waals surface area contributed by atoms with Crippen LogP contribution in [0.5, 0.6) is 11.5 Å². The minimum absolute atomic E-state index is 0.172. The summed E-state index contributed by atoms with van der Waals surface area (Å²) in [6.45, 7) is 1.83. The van der Waals surface area contributed by atoms with Crippen LogP contribution in [0.15, 0.2) is 42.5 Å². The number of anilines is 1. The SMILES string of the molecule is CC[C@@H](Oc1ccccc1OC)C(=O)Nc1ccc(Cl)c(C(=O)OC)c1. The van der Waals surface area contributed by atoms with Crippen molar-refractivity contribution in [1.29, 1.82) is 0 Å². The highest BCUT2D eigenvalue weighted by Crippen LogP contribution is 2.28. The van der Waals surface area contributed by atoms with Gasteiger partial charge in [-0.25, -0.2) is 4.79 Å². The molecule has 2 rings (SSSR count). The maximum atomic E-state index is 12.6. The van der Waals surface area contributed by atoms with E-state index in [0.29, 0.717) is 23.6 Å². The number of benzene rings is 2. The van der Waals surface area contributed by atoms with E-state index < -0.39 is 12.1 Å². The molecule has 0 aliphatic carbocycles. The topological polar surface area (TPSA) is 73.9 Å². The summed E-state index contributed by atoms with van der Waals surface area (Å²) in [5.74, 6) is 0.0848. The second-order valence-electron chi connectivity index (χ2n) is 5.34. The Bertz CT molecular complexity index is 793. The molecule has 6 nitrogen and oxygen atoms in total. The van der Waals surface area contributed by atoms with Crippen molar-refractivity contribution in [2.24, 2.45) is 0 Å². The Morgan fingerprint density at radius 1 is 1.12 bits per heavy atom. The van der Waals surface area contributed by atoms with Crippen molar-refractivity contribution in [3.8, 4) is 11.5 Å². The predicted molar refractivity (Wildman–Crippen MR) is 99.1 cm³/mol. The molecule has 0 aromatic heterocycles. The van der Waals surface area contributed by atoms with Gasteiger partial charge in [-0.2, -0.15) is 0 Å². The fourth-order valence-electron chi connectivity index (χ4n) is 2.28.